The summed E-state index contributed by atoms with van der Waals surface area (Å²) in [5.41, 5.74) is 1.14. The van der Waals surface area contributed by atoms with Crippen LogP contribution < -0.4 is 0 Å². The SMILES string of the molecule is [c]1c(C2=NCCS2)ccc2ccccc12. The number of aliphatic imine (C=N–C) groups is 1. The van der Waals surface area contributed by atoms with Crippen molar-refractivity contribution in [3.63, 3.8) is 0 Å². The Bertz CT molecular complexity index is 531. The third kappa shape index (κ3) is 1.65. The lowest BCUT2D eigenvalue weighted by molar-refractivity contribution is 1.17. The summed E-state index contributed by atoms with van der Waals surface area (Å²) < 4.78 is 0. The van der Waals surface area contributed by atoms with Crippen LogP contribution in [0.25, 0.3) is 10.8 Å². The monoisotopic (exact) mass is 212 g/mol. The molecule has 2 heteroatoms. The van der Waals surface area contributed by atoms with Gasteiger partial charge in [-0.2, -0.15) is 0 Å². The lowest BCUT2D eigenvalue weighted by Crippen LogP contribution is -1.91. The molecule has 1 nitrogen and oxygen atoms in total. The van der Waals surface area contributed by atoms with Crippen LogP contribution in [-0.2, 0) is 0 Å². The molecule has 2 aromatic carbocycles. The molecule has 15 heavy (non-hydrogen) atoms. The van der Waals surface area contributed by atoms with Gasteiger partial charge < -0.3 is 0 Å². The molecule has 0 aromatic heterocycles. The Morgan fingerprint density at radius 2 is 2.07 bits per heavy atom. The summed E-state index contributed by atoms with van der Waals surface area (Å²) in [6, 6.07) is 16.0. The second-order valence-electron chi connectivity index (χ2n) is 3.49. The molecule has 0 spiro atoms. The van der Waals surface area contributed by atoms with Crippen LogP contribution >= 0.6 is 11.8 Å². The van der Waals surface area contributed by atoms with Crippen LogP contribution in [0.15, 0.2) is 41.4 Å². The molecular weight excluding hydrogens is 202 g/mol. The van der Waals surface area contributed by atoms with Crippen LogP contribution in [0.4, 0.5) is 0 Å². The second kappa shape index (κ2) is 3.70. The third-order valence-corrected chi connectivity index (χ3v) is 3.48. The lowest BCUT2D eigenvalue weighted by Gasteiger charge is -2.01. The fourth-order valence-corrected chi connectivity index (χ4v) is 2.57. The molecule has 1 heterocycles. The number of nitrogens with zero attached hydrogens (tertiary/aromatic N) is 1. The predicted octanol–water partition coefficient (Wildman–Crippen LogP) is 3.13. The Morgan fingerprint density at radius 1 is 1.13 bits per heavy atom. The molecule has 1 aliphatic rings. The van der Waals surface area contributed by atoms with Crippen LogP contribution in [0.2, 0.25) is 0 Å². The molecule has 0 N–H and O–H groups in total. The Morgan fingerprint density at radius 3 is 2.93 bits per heavy atom. The Hall–Kier alpha value is -1.28. The van der Waals surface area contributed by atoms with Gasteiger partial charge in [-0.25, -0.2) is 0 Å². The second-order valence-corrected chi connectivity index (χ2v) is 4.58. The summed E-state index contributed by atoms with van der Waals surface area (Å²) in [4.78, 5) is 4.46. The third-order valence-electron chi connectivity index (χ3n) is 2.48. The lowest BCUT2D eigenvalue weighted by atomic mass is 10.1. The zero-order valence-electron chi connectivity index (χ0n) is 8.23. The number of thioether (sulfide) groups is 1. The van der Waals surface area contributed by atoms with E-state index >= 15 is 0 Å². The van der Waals surface area contributed by atoms with Gasteiger partial charge >= 0.3 is 0 Å². The van der Waals surface area contributed by atoms with E-state index in [0.717, 1.165) is 22.9 Å². The summed E-state index contributed by atoms with van der Waals surface area (Å²) in [6.07, 6.45) is 0. The maximum absolute atomic E-state index is 4.46. The molecule has 0 aliphatic carbocycles. The van der Waals surface area contributed by atoms with Gasteiger partial charge in [0.25, 0.3) is 0 Å². The highest BCUT2D eigenvalue weighted by Crippen LogP contribution is 2.22. The van der Waals surface area contributed by atoms with E-state index in [2.05, 4.69) is 41.4 Å². The fraction of sp³-hybridized carbons (Fsp3) is 0.154. The molecule has 0 fully saturated rings. The van der Waals surface area contributed by atoms with Crippen LogP contribution in [0.3, 0.4) is 0 Å². The first-order chi connectivity index (χ1) is 7.43. The molecule has 0 unspecified atom stereocenters. The van der Waals surface area contributed by atoms with Crippen LogP contribution in [0, 0.1) is 6.07 Å². The molecule has 2 aromatic rings. The number of fused-ring (bicyclic) bond motifs is 1. The molecule has 0 saturated heterocycles. The number of rotatable bonds is 1. The Balaban J connectivity index is 2.13. The zero-order chi connectivity index (χ0) is 10.1. The maximum atomic E-state index is 4.46. The van der Waals surface area contributed by atoms with Crippen molar-refractivity contribution in [2.75, 3.05) is 12.3 Å². The van der Waals surface area contributed by atoms with Gasteiger partial charge in [-0.1, -0.05) is 36.4 Å². The van der Waals surface area contributed by atoms with Gasteiger partial charge in [0.05, 0.1) is 5.04 Å². The van der Waals surface area contributed by atoms with Crippen LogP contribution in [0.1, 0.15) is 5.56 Å². The van der Waals surface area contributed by atoms with Crippen LogP contribution in [-0.4, -0.2) is 17.3 Å². The first kappa shape index (κ1) is 8.98. The summed E-state index contributed by atoms with van der Waals surface area (Å²) in [6.45, 7) is 0.945. The van der Waals surface area contributed by atoms with E-state index < -0.39 is 0 Å². The van der Waals surface area contributed by atoms with Crippen molar-refractivity contribution in [3.8, 4) is 0 Å². The summed E-state index contributed by atoms with van der Waals surface area (Å²) in [5, 5.41) is 3.55. The molecule has 1 aliphatic heterocycles. The molecule has 0 saturated carbocycles. The fourth-order valence-electron chi connectivity index (χ4n) is 1.74. The van der Waals surface area contributed by atoms with Gasteiger partial charge in [0, 0.05) is 23.9 Å². The van der Waals surface area contributed by atoms with Gasteiger partial charge in [0.2, 0.25) is 0 Å². The summed E-state index contributed by atoms with van der Waals surface area (Å²) >= 11 is 1.82. The first-order valence-corrected chi connectivity index (χ1v) is 6.01. The normalized spacial score (nSPS) is 15.6. The summed E-state index contributed by atoms with van der Waals surface area (Å²) in [5.74, 6) is 1.11. The molecule has 73 valence electrons. The minimum atomic E-state index is 0.945. The smallest absolute Gasteiger partial charge is 0.0984 e. The minimum absolute atomic E-state index is 0.945. The quantitative estimate of drug-likeness (QED) is 0.707. The number of hydrogen-bond acceptors (Lipinski definition) is 2. The van der Waals surface area contributed by atoms with E-state index in [1.165, 1.54) is 10.8 Å². The van der Waals surface area contributed by atoms with E-state index in [9.17, 15) is 0 Å². The van der Waals surface area contributed by atoms with E-state index in [4.69, 9.17) is 0 Å². The average molecular weight is 212 g/mol. The predicted molar refractivity (Wildman–Crippen MR) is 66.6 cm³/mol. The zero-order valence-corrected chi connectivity index (χ0v) is 9.05. The van der Waals surface area contributed by atoms with Crippen molar-refractivity contribution in [3.05, 3.63) is 48.0 Å². The molecule has 0 bridgehead atoms. The Labute approximate surface area is 93.2 Å². The van der Waals surface area contributed by atoms with Gasteiger partial charge in [-0.05, 0) is 10.8 Å². The molecular formula is C13H10NS. The molecule has 0 atom stereocenters. The van der Waals surface area contributed by atoms with E-state index in [1.807, 2.05) is 17.8 Å². The van der Waals surface area contributed by atoms with Crippen molar-refractivity contribution >= 4 is 27.6 Å². The standard InChI is InChI=1S/C13H10NS/c1-2-4-11-9-12(6-5-10(11)3-1)13-14-7-8-15-13/h1-6H,7-8H2. The van der Waals surface area contributed by atoms with Crippen molar-refractivity contribution < 1.29 is 0 Å². The highest BCUT2D eigenvalue weighted by molar-refractivity contribution is 8.14. The summed E-state index contributed by atoms with van der Waals surface area (Å²) in [7, 11) is 0. The van der Waals surface area contributed by atoms with Crippen molar-refractivity contribution in [2.45, 2.75) is 0 Å². The Kier molecular flexibility index (Phi) is 2.22. The number of hydrogen-bond donors (Lipinski definition) is 0. The van der Waals surface area contributed by atoms with Gasteiger partial charge in [0.1, 0.15) is 0 Å². The van der Waals surface area contributed by atoms with E-state index in [-0.39, 0.29) is 0 Å². The van der Waals surface area contributed by atoms with Crippen molar-refractivity contribution in [2.24, 2.45) is 4.99 Å². The average Bonchev–Trinajstić information content (AvgIpc) is 2.82. The maximum Gasteiger partial charge on any atom is 0.0984 e. The highest BCUT2D eigenvalue weighted by atomic mass is 32.2. The van der Waals surface area contributed by atoms with Gasteiger partial charge in [-0.15, -0.1) is 11.8 Å². The van der Waals surface area contributed by atoms with E-state index in [1.54, 1.807) is 0 Å². The molecule has 3 rings (SSSR count). The van der Waals surface area contributed by atoms with Crippen LogP contribution in [0.5, 0.6) is 0 Å². The molecule has 0 amide bonds. The van der Waals surface area contributed by atoms with Gasteiger partial charge in [-0.3, -0.25) is 4.99 Å². The van der Waals surface area contributed by atoms with E-state index in [0.29, 0.717) is 0 Å². The minimum Gasteiger partial charge on any atom is -0.277 e. The topological polar surface area (TPSA) is 12.4 Å². The number of benzene rings is 2. The first-order valence-electron chi connectivity index (χ1n) is 5.02. The molecule has 1 radical (unpaired) electrons. The van der Waals surface area contributed by atoms with Gasteiger partial charge in [0.15, 0.2) is 0 Å². The van der Waals surface area contributed by atoms with Crippen molar-refractivity contribution in [1.29, 1.82) is 0 Å². The highest BCUT2D eigenvalue weighted by Gasteiger charge is 2.09. The largest absolute Gasteiger partial charge is 0.277 e. The van der Waals surface area contributed by atoms with Crippen molar-refractivity contribution in [1.82, 2.24) is 0 Å².